The van der Waals surface area contributed by atoms with E-state index in [0.717, 1.165) is 12.0 Å². The average molecular weight is 263 g/mol. The van der Waals surface area contributed by atoms with Gasteiger partial charge in [-0.15, -0.1) is 0 Å². The minimum Gasteiger partial charge on any atom is -0.480 e. The van der Waals surface area contributed by atoms with E-state index in [1.807, 2.05) is 30.3 Å². The Morgan fingerprint density at radius 1 is 1.32 bits per heavy atom. The van der Waals surface area contributed by atoms with Crippen LogP contribution in [0.2, 0.25) is 0 Å². The summed E-state index contributed by atoms with van der Waals surface area (Å²) in [6, 6.07) is 8.87. The smallest absolute Gasteiger partial charge is 0.326 e. The van der Waals surface area contributed by atoms with E-state index in [9.17, 15) is 9.59 Å². The quantitative estimate of drug-likeness (QED) is 0.869. The Morgan fingerprint density at radius 2 is 2.05 bits per heavy atom. The molecule has 5 nitrogen and oxygen atoms in total. The number of carbonyl (C=O) groups excluding carboxylic acids is 1. The molecule has 1 saturated heterocycles. The van der Waals surface area contributed by atoms with Gasteiger partial charge in [0, 0.05) is 6.54 Å². The van der Waals surface area contributed by atoms with Crippen LogP contribution in [0.5, 0.6) is 0 Å². The Labute approximate surface area is 111 Å². The summed E-state index contributed by atoms with van der Waals surface area (Å²) >= 11 is 0. The maximum Gasteiger partial charge on any atom is 0.326 e. The summed E-state index contributed by atoms with van der Waals surface area (Å²) in [7, 11) is 0. The zero-order valence-electron chi connectivity index (χ0n) is 10.6. The van der Waals surface area contributed by atoms with E-state index < -0.39 is 12.0 Å². The second kappa shape index (κ2) is 6.33. The summed E-state index contributed by atoms with van der Waals surface area (Å²) < 4.78 is 5.34. The molecule has 1 aliphatic rings. The molecular weight excluding hydrogens is 246 g/mol. The number of ether oxygens (including phenoxy) is 1. The fourth-order valence-corrected chi connectivity index (χ4v) is 2.24. The number of hydrogen-bond donors (Lipinski definition) is 1. The number of likely N-dealkylation sites (tertiary alicyclic amines) is 1. The van der Waals surface area contributed by atoms with Crippen molar-refractivity contribution in [3.05, 3.63) is 35.9 Å². The fraction of sp³-hybridized carbons (Fsp3) is 0.429. The summed E-state index contributed by atoms with van der Waals surface area (Å²) in [5, 5.41) is 9.00. The van der Waals surface area contributed by atoms with E-state index in [2.05, 4.69) is 0 Å². The van der Waals surface area contributed by atoms with Crippen molar-refractivity contribution in [1.29, 1.82) is 0 Å². The molecule has 0 bridgehead atoms. The number of rotatable bonds is 5. The van der Waals surface area contributed by atoms with E-state index in [1.54, 1.807) is 0 Å². The van der Waals surface area contributed by atoms with Gasteiger partial charge in [0.2, 0.25) is 5.91 Å². The molecule has 1 amide bonds. The highest BCUT2D eigenvalue weighted by molar-refractivity contribution is 5.84. The van der Waals surface area contributed by atoms with Crippen LogP contribution >= 0.6 is 0 Å². The molecule has 0 radical (unpaired) electrons. The lowest BCUT2D eigenvalue weighted by molar-refractivity contribution is -0.150. The Bertz CT molecular complexity index is 446. The number of amides is 1. The van der Waals surface area contributed by atoms with Crippen molar-refractivity contribution >= 4 is 11.9 Å². The maximum atomic E-state index is 11.9. The van der Waals surface area contributed by atoms with Crippen molar-refractivity contribution in [3.63, 3.8) is 0 Å². The third-order valence-corrected chi connectivity index (χ3v) is 3.20. The van der Waals surface area contributed by atoms with Gasteiger partial charge in [-0.25, -0.2) is 4.79 Å². The van der Waals surface area contributed by atoms with Crippen LogP contribution in [0.4, 0.5) is 0 Å². The molecular formula is C14H17NO4. The number of carbonyl (C=O) groups is 2. The van der Waals surface area contributed by atoms with Crippen LogP contribution in [-0.4, -0.2) is 41.1 Å². The average Bonchev–Trinajstić information content (AvgIpc) is 2.89. The first-order valence-corrected chi connectivity index (χ1v) is 6.32. The molecule has 1 fully saturated rings. The van der Waals surface area contributed by atoms with Crippen molar-refractivity contribution in [1.82, 2.24) is 4.90 Å². The van der Waals surface area contributed by atoms with E-state index in [4.69, 9.17) is 9.84 Å². The SMILES string of the molecule is O=C(O)C1CCCN1C(=O)COCc1ccccc1. The van der Waals surface area contributed by atoms with E-state index in [0.29, 0.717) is 19.6 Å². The van der Waals surface area contributed by atoms with E-state index in [1.165, 1.54) is 4.90 Å². The summed E-state index contributed by atoms with van der Waals surface area (Å²) in [6.07, 6.45) is 1.27. The lowest BCUT2D eigenvalue weighted by atomic mass is 10.2. The molecule has 19 heavy (non-hydrogen) atoms. The number of carboxylic acid groups (broad SMARTS) is 1. The van der Waals surface area contributed by atoms with E-state index in [-0.39, 0.29) is 12.5 Å². The maximum absolute atomic E-state index is 11.9. The lowest BCUT2D eigenvalue weighted by Gasteiger charge is -2.21. The highest BCUT2D eigenvalue weighted by atomic mass is 16.5. The molecule has 0 saturated carbocycles. The first-order chi connectivity index (χ1) is 9.18. The summed E-state index contributed by atoms with van der Waals surface area (Å²) in [5.74, 6) is -1.19. The first-order valence-electron chi connectivity index (χ1n) is 6.32. The molecule has 0 aliphatic carbocycles. The van der Waals surface area contributed by atoms with Crippen molar-refractivity contribution in [2.45, 2.75) is 25.5 Å². The number of hydrogen-bond acceptors (Lipinski definition) is 3. The molecule has 0 aromatic heterocycles. The topological polar surface area (TPSA) is 66.8 Å². The highest BCUT2D eigenvalue weighted by Crippen LogP contribution is 2.17. The molecule has 1 aromatic rings. The van der Waals surface area contributed by atoms with Gasteiger partial charge in [-0.3, -0.25) is 4.79 Å². The monoisotopic (exact) mass is 263 g/mol. The summed E-state index contributed by atoms with van der Waals surface area (Å²) in [5.41, 5.74) is 0.992. The van der Waals surface area contributed by atoms with Gasteiger partial charge in [-0.1, -0.05) is 30.3 Å². The summed E-state index contributed by atoms with van der Waals surface area (Å²) in [6.45, 7) is 0.793. The zero-order valence-corrected chi connectivity index (χ0v) is 10.6. The van der Waals surface area contributed by atoms with Crippen molar-refractivity contribution < 1.29 is 19.4 Å². The van der Waals surface area contributed by atoms with Gasteiger partial charge < -0.3 is 14.7 Å². The largest absolute Gasteiger partial charge is 0.480 e. The zero-order chi connectivity index (χ0) is 13.7. The number of benzene rings is 1. The van der Waals surface area contributed by atoms with Crippen LogP contribution in [0.3, 0.4) is 0 Å². The molecule has 2 rings (SSSR count). The molecule has 0 spiro atoms. The van der Waals surface area contributed by atoms with Crippen molar-refractivity contribution in [2.24, 2.45) is 0 Å². The van der Waals surface area contributed by atoms with Crippen LogP contribution in [0.1, 0.15) is 18.4 Å². The minimum absolute atomic E-state index is 0.0708. The molecule has 102 valence electrons. The predicted molar refractivity (Wildman–Crippen MR) is 68.5 cm³/mol. The van der Waals surface area contributed by atoms with Crippen LogP contribution in [-0.2, 0) is 20.9 Å². The van der Waals surface area contributed by atoms with Crippen molar-refractivity contribution in [2.75, 3.05) is 13.2 Å². The highest BCUT2D eigenvalue weighted by Gasteiger charge is 2.33. The molecule has 1 N–H and O–H groups in total. The number of nitrogens with zero attached hydrogens (tertiary/aromatic N) is 1. The van der Waals surface area contributed by atoms with Crippen LogP contribution in [0.25, 0.3) is 0 Å². The Balaban J connectivity index is 1.80. The normalized spacial score (nSPS) is 18.5. The van der Waals surface area contributed by atoms with Gasteiger partial charge in [-0.05, 0) is 18.4 Å². The Hall–Kier alpha value is -1.88. The molecule has 1 aromatic carbocycles. The van der Waals surface area contributed by atoms with Gasteiger partial charge in [0.1, 0.15) is 12.6 Å². The van der Waals surface area contributed by atoms with Gasteiger partial charge in [0.25, 0.3) is 0 Å². The molecule has 1 aliphatic heterocycles. The van der Waals surface area contributed by atoms with Gasteiger partial charge in [-0.2, -0.15) is 0 Å². The van der Waals surface area contributed by atoms with Crippen molar-refractivity contribution in [3.8, 4) is 0 Å². The van der Waals surface area contributed by atoms with Crippen LogP contribution in [0.15, 0.2) is 30.3 Å². The molecule has 5 heteroatoms. The second-order valence-electron chi connectivity index (χ2n) is 4.56. The third kappa shape index (κ3) is 3.54. The Kier molecular flexibility index (Phi) is 4.52. The Morgan fingerprint density at radius 3 is 2.74 bits per heavy atom. The minimum atomic E-state index is -0.936. The number of aliphatic carboxylic acids is 1. The first kappa shape index (κ1) is 13.5. The predicted octanol–water partition coefficient (Wildman–Crippen LogP) is 1.28. The molecule has 1 heterocycles. The summed E-state index contributed by atoms with van der Waals surface area (Å²) in [4.78, 5) is 24.3. The lowest BCUT2D eigenvalue weighted by Crippen LogP contribution is -2.42. The van der Waals surface area contributed by atoms with Gasteiger partial charge in [0.15, 0.2) is 0 Å². The third-order valence-electron chi connectivity index (χ3n) is 3.20. The second-order valence-corrected chi connectivity index (χ2v) is 4.56. The van der Waals surface area contributed by atoms with Crippen LogP contribution in [0, 0.1) is 0 Å². The molecule has 1 unspecified atom stereocenters. The standard InChI is InChI=1S/C14H17NO4/c16-13(15-8-4-7-12(15)14(17)18)10-19-9-11-5-2-1-3-6-11/h1-3,5-6,12H,4,7-10H2,(H,17,18). The van der Waals surface area contributed by atoms with Crippen LogP contribution < -0.4 is 0 Å². The van der Waals surface area contributed by atoms with Gasteiger partial charge in [0.05, 0.1) is 6.61 Å². The van der Waals surface area contributed by atoms with Gasteiger partial charge >= 0.3 is 5.97 Å². The van der Waals surface area contributed by atoms with E-state index >= 15 is 0 Å². The molecule has 1 atom stereocenters. The number of carboxylic acids is 1. The fourth-order valence-electron chi connectivity index (χ4n) is 2.24.